The summed E-state index contributed by atoms with van der Waals surface area (Å²) in [4.78, 5) is 9.57. The maximum Gasteiger partial charge on any atom is 0.135 e. The first-order valence-electron chi connectivity index (χ1n) is 24.1. The van der Waals surface area contributed by atoms with Crippen molar-refractivity contribution in [2.24, 2.45) is 10.8 Å². The summed E-state index contributed by atoms with van der Waals surface area (Å²) in [6, 6.07) is 70.0. The largest absolute Gasteiger partial charge is 0.509 e. The Balaban J connectivity index is 0.00000608. The summed E-state index contributed by atoms with van der Waals surface area (Å²) in [6.45, 7) is 25.6. The van der Waals surface area contributed by atoms with E-state index in [1.54, 1.807) is 0 Å². The maximum atomic E-state index is 6.94. The molecule has 0 saturated carbocycles. The molecule has 7 aromatic carbocycles. The minimum Gasteiger partial charge on any atom is -0.509 e. The summed E-state index contributed by atoms with van der Waals surface area (Å²) < 4.78 is 9.10. The molecule has 0 saturated heterocycles. The molecule has 9 aromatic rings. The van der Waals surface area contributed by atoms with Crippen molar-refractivity contribution >= 4 is 33.2 Å². The molecule has 1 aliphatic heterocycles. The number of hydrogen-bond donors (Lipinski definition) is 0. The van der Waals surface area contributed by atoms with Gasteiger partial charge in [0, 0.05) is 83.0 Å². The number of ether oxygens (including phenoxy) is 1. The number of rotatable bonds is 10. The van der Waals surface area contributed by atoms with Crippen LogP contribution in [0.1, 0.15) is 91.5 Å². The normalized spacial score (nSPS) is 13.6. The smallest absolute Gasteiger partial charge is 0.135 e. The molecule has 6 heteroatoms. The quantitative estimate of drug-likeness (QED) is 0.128. The van der Waals surface area contributed by atoms with Crippen molar-refractivity contribution in [3.63, 3.8) is 0 Å². The molecule has 0 fully saturated rings. The maximum absolute atomic E-state index is 6.94. The zero-order valence-corrected chi connectivity index (χ0v) is 44.2. The van der Waals surface area contributed by atoms with Crippen molar-refractivity contribution in [2.75, 3.05) is 9.80 Å². The van der Waals surface area contributed by atoms with Gasteiger partial charge in [0.2, 0.25) is 0 Å². The van der Waals surface area contributed by atoms with Gasteiger partial charge in [0.25, 0.3) is 0 Å². The van der Waals surface area contributed by atoms with E-state index in [1.807, 2.05) is 30.5 Å². The molecule has 3 heterocycles. The van der Waals surface area contributed by atoms with E-state index < -0.39 is 0 Å². The summed E-state index contributed by atoms with van der Waals surface area (Å²) in [5.74, 6) is 2.01. The number of allylic oxidation sites excluding steroid dienone is 2. The molecule has 2 aromatic heterocycles. The number of anilines is 2. The number of para-hydroxylation sites is 1. The Labute approximate surface area is 429 Å². The van der Waals surface area contributed by atoms with Gasteiger partial charge in [-0.15, -0.1) is 53.6 Å². The first kappa shape index (κ1) is 48.3. The summed E-state index contributed by atoms with van der Waals surface area (Å²) in [7, 11) is 0. The monoisotopic (exact) mass is 1100 g/mol. The molecule has 0 atom stereocenters. The van der Waals surface area contributed by atoms with Crippen LogP contribution in [0.2, 0.25) is 0 Å². The Morgan fingerprint density at radius 3 is 1.61 bits per heavy atom. The molecular formula is C64H61N4OPt-3. The zero-order valence-electron chi connectivity index (χ0n) is 41.9. The average Bonchev–Trinajstić information content (AvgIpc) is 3.93. The van der Waals surface area contributed by atoms with Gasteiger partial charge < -0.3 is 19.1 Å². The molecule has 70 heavy (non-hydrogen) atoms. The van der Waals surface area contributed by atoms with E-state index in [0.717, 1.165) is 50.1 Å². The number of pyridine rings is 1. The van der Waals surface area contributed by atoms with Gasteiger partial charge in [-0.25, -0.2) is 4.98 Å². The van der Waals surface area contributed by atoms with Gasteiger partial charge >= 0.3 is 0 Å². The predicted molar refractivity (Wildman–Crippen MR) is 287 cm³/mol. The molecular weight excluding hydrogens is 1040 g/mol. The van der Waals surface area contributed by atoms with Gasteiger partial charge in [-0.05, 0) is 63.5 Å². The number of fused-ring (bicyclic) bond motifs is 3. The Kier molecular flexibility index (Phi) is 12.8. The van der Waals surface area contributed by atoms with Crippen LogP contribution in [0.4, 0.5) is 11.4 Å². The Morgan fingerprint density at radius 2 is 1.03 bits per heavy atom. The number of hydrogen-bond acceptors (Lipinski definition) is 4. The molecule has 0 amide bonds. The third-order valence-corrected chi connectivity index (χ3v) is 13.8. The minimum absolute atomic E-state index is 0. The van der Waals surface area contributed by atoms with E-state index in [4.69, 9.17) is 9.72 Å². The molecule has 356 valence electrons. The fraction of sp³-hybridized carbons (Fsp3) is 0.219. The Bertz CT molecular complexity index is 3270. The van der Waals surface area contributed by atoms with Gasteiger partial charge in [0.05, 0.1) is 0 Å². The van der Waals surface area contributed by atoms with E-state index in [9.17, 15) is 0 Å². The van der Waals surface area contributed by atoms with Crippen LogP contribution in [-0.4, -0.2) is 9.55 Å². The second-order valence-electron chi connectivity index (χ2n) is 21.5. The fourth-order valence-corrected chi connectivity index (χ4v) is 10.1. The molecule has 0 radical (unpaired) electrons. The van der Waals surface area contributed by atoms with Crippen molar-refractivity contribution in [2.45, 2.75) is 80.1 Å². The van der Waals surface area contributed by atoms with Gasteiger partial charge in [-0.2, -0.15) is 6.07 Å². The van der Waals surface area contributed by atoms with E-state index >= 15 is 0 Å². The Hall–Kier alpha value is -6.68. The van der Waals surface area contributed by atoms with Crippen molar-refractivity contribution in [3.8, 4) is 28.4 Å². The molecule has 0 aliphatic carbocycles. The first-order valence-corrected chi connectivity index (χ1v) is 24.1. The van der Waals surface area contributed by atoms with Gasteiger partial charge in [-0.3, -0.25) is 0 Å². The summed E-state index contributed by atoms with van der Waals surface area (Å²) in [5.41, 5.74) is 12.5. The summed E-state index contributed by atoms with van der Waals surface area (Å²) in [6.07, 6.45) is 1.83. The number of nitrogens with zero attached hydrogens (tertiary/aromatic N) is 4. The van der Waals surface area contributed by atoms with Crippen LogP contribution >= 0.6 is 0 Å². The summed E-state index contributed by atoms with van der Waals surface area (Å²) >= 11 is 0. The molecule has 0 unspecified atom stereocenters. The van der Waals surface area contributed by atoms with Crippen molar-refractivity contribution in [1.29, 1.82) is 0 Å². The van der Waals surface area contributed by atoms with Crippen LogP contribution < -0.4 is 14.5 Å². The van der Waals surface area contributed by atoms with E-state index in [2.05, 4.69) is 254 Å². The van der Waals surface area contributed by atoms with Crippen LogP contribution in [0.3, 0.4) is 0 Å². The van der Waals surface area contributed by atoms with E-state index in [1.165, 1.54) is 33.6 Å². The van der Waals surface area contributed by atoms with Crippen LogP contribution in [0.5, 0.6) is 11.5 Å². The second-order valence-corrected chi connectivity index (χ2v) is 21.5. The van der Waals surface area contributed by atoms with Crippen LogP contribution in [0.15, 0.2) is 194 Å². The number of benzene rings is 7. The molecule has 0 bridgehead atoms. The molecule has 10 rings (SSSR count). The van der Waals surface area contributed by atoms with E-state index in [-0.39, 0.29) is 42.7 Å². The van der Waals surface area contributed by atoms with Crippen LogP contribution in [0.25, 0.3) is 38.8 Å². The van der Waals surface area contributed by atoms with E-state index in [0.29, 0.717) is 11.5 Å². The van der Waals surface area contributed by atoms with Crippen LogP contribution in [-0.2, 0) is 31.9 Å². The van der Waals surface area contributed by atoms with Crippen molar-refractivity contribution in [1.82, 2.24) is 9.55 Å². The first-order chi connectivity index (χ1) is 33.0. The minimum atomic E-state index is -0.285. The third kappa shape index (κ3) is 9.01. The zero-order chi connectivity index (χ0) is 48.3. The van der Waals surface area contributed by atoms with Crippen molar-refractivity contribution < 1.29 is 25.8 Å². The standard InChI is InChI=1S/C64H61N4O.Pt/c1-61(2,3)59-60(62(4,5)6)67(51-39-48(63(7,8)46-26-16-12-17-27-46)38-49(40-51)64(9,10)47-28-18-13-19-29-47)43-66(59)50-36-45(44-24-14-11-15-25-44)37-53(41-50)69-52-33-34-55-54-30-20-21-31-56(54)68(57(55)42-52)58-32-22-23-35-65-58;/h11-40,43H,1-10H3;/q-3;. The van der Waals surface area contributed by atoms with Crippen molar-refractivity contribution in [3.05, 3.63) is 235 Å². The topological polar surface area (TPSA) is 33.5 Å². The van der Waals surface area contributed by atoms with Gasteiger partial charge in [0.1, 0.15) is 5.82 Å². The second kappa shape index (κ2) is 18.6. The molecule has 0 N–H and O–H groups in total. The fourth-order valence-electron chi connectivity index (χ4n) is 10.1. The SMILES string of the molecule is CC(C)(C)C1=C(C(C)(C)C)N(c2cc(C(C)(C)c3ccccc3)cc(C(C)(C)c3ccccc3)c2)[CH-]N1c1[c-]c(Oc2[c-]c3c(cc2)c2ccccc2n3-c2ccccn2)cc(-c2ccccc2)c1.[Pt]. The summed E-state index contributed by atoms with van der Waals surface area (Å²) in [5, 5.41) is 2.22. The third-order valence-electron chi connectivity index (χ3n) is 13.8. The van der Waals surface area contributed by atoms with Gasteiger partial charge in [0.15, 0.2) is 0 Å². The molecule has 5 nitrogen and oxygen atoms in total. The average molecular weight is 1100 g/mol. The predicted octanol–water partition coefficient (Wildman–Crippen LogP) is 16.6. The van der Waals surface area contributed by atoms with Crippen LogP contribution in [0, 0.1) is 29.6 Å². The Morgan fingerprint density at radius 1 is 0.471 bits per heavy atom. The number of aromatic nitrogens is 2. The van der Waals surface area contributed by atoms with Gasteiger partial charge in [-0.1, -0.05) is 196 Å². The molecule has 0 spiro atoms. The molecule has 1 aliphatic rings.